The number of hydrogen-bond acceptors (Lipinski definition) is 1. The van der Waals surface area contributed by atoms with Gasteiger partial charge in [0, 0.05) is 18.8 Å². The summed E-state index contributed by atoms with van der Waals surface area (Å²) in [5.41, 5.74) is 4.61. The van der Waals surface area contributed by atoms with E-state index in [4.69, 9.17) is 0 Å². The minimum absolute atomic E-state index is 0.929. The van der Waals surface area contributed by atoms with Gasteiger partial charge >= 0.3 is 0 Å². The Hall–Kier alpha value is -0.980. The van der Waals surface area contributed by atoms with Gasteiger partial charge in [0.2, 0.25) is 0 Å². The van der Waals surface area contributed by atoms with Crippen LogP contribution in [0.1, 0.15) is 30.9 Å². The van der Waals surface area contributed by atoms with Crippen molar-refractivity contribution < 1.29 is 0 Å². The van der Waals surface area contributed by atoms with E-state index in [1.165, 1.54) is 43.6 Å². The highest BCUT2D eigenvalue weighted by Crippen LogP contribution is 2.35. The summed E-state index contributed by atoms with van der Waals surface area (Å²) in [6, 6.07) is 7.07. The molecule has 0 aliphatic carbocycles. The van der Waals surface area contributed by atoms with Crippen molar-refractivity contribution in [2.75, 3.05) is 18.0 Å². The van der Waals surface area contributed by atoms with Crippen LogP contribution in [0.4, 0.5) is 5.69 Å². The molecule has 1 aromatic rings. The Balaban J connectivity index is 2.01. The normalized spacial score (nSPS) is 23.8. The van der Waals surface area contributed by atoms with Crippen molar-refractivity contribution in [1.29, 1.82) is 0 Å². The van der Waals surface area contributed by atoms with Gasteiger partial charge in [0.25, 0.3) is 0 Å². The lowest BCUT2D eigenvalue weighted by atomic mass is 9.85. The molecule has 80 valence electrons. The van der Waals surface area contributed by atoms with Gasteiger partial charge in [-0.3, -0.25) is 0 Å². The number of piperidine rings is 1. The number of nitrogens with zero attached hydrogens (tertiary/aromatic N) is 1. The van der Waals surface area contributed by atoms with Crippen molar-refractivity contribution >= 4 is 5.69 Å². The monoisotopic (exact) mass is 201 g/mol. The topological polar surface area (TPSA) is 3.24 Å². The van der Waals surface area contributed by atoms with Crippen molar-refractivity contribution in [2.24, 2.45) is 5.92 Å². The summed E-state index contributed by atoms with van der Waals surface area (Å²) in [6.45, 7) is 4.82. The first-order valence-corrected chi connectivity index (χ1v) is 6.23. The molecule has 2 bridgehead atoms. The maximum Gasteiger partial charge on any atom is 0.0399 e. The standard InChI is InChI=1S/C14H19N/c1-2-11-5-6-14-13(8-11)9-12-4-3-7-15(14)10-12/h5-6,8,12H,2-4,7,9-10H2,1H3. The lowest BCUT2D eigenvalue weighted by Gasteiger charge is -2.40. The van der Waals surface area contributed by atoms with Crippen molar-refractivity contribution in [3.63, 3.8) is 0 Å². The van der Waals surface area contributed by atoms with Gasteiger partial charge in [-0.2, -0.15) is 0 Å². The molecule has 1 nitrogen and oxygen atoms in total. The van der Waals surface area contributed by atoms with Gasteiger partial charge in [-0.25, -0.2) is 0 Å². The first kappa shape index (κ1) is 9.26. The lowest BCUT2D eigenvalue weighted by Crippen LogP contribution is -2.40. The molecule has 3 rings (SSSR count). The van der Waals surface area contributed by atoms with E-state index in [9.17, 15) is 0 Å². The molecule has 15 heavy (non-hydrogen) atoms. The highest BCUT2D eigenvalue weighted by atomic mass is 15.1. The van der Waals surface area contributed by atoms with Gasteiger partial charge in [0.1, 0.15) is 0 Å². The van der Waals surface area contributed by atoms with Crippen LogP contribution in [0, 0.1) is 5.92 Å². The first-order chi connectivity index (χ1) is 7.36. The van der Waals surface area contributed by atoms with E-state index < -0.39 is 0 Å². The number of anilines is 1. The second-order valence-electron chi connectivity index (χ2n) is 4.98. The third-order valence-corrected chi connectivity index (χ3v) is 3.92. The maximum absolute atomic E-state index is 2.59. The number of rotatable bonds is 1. The minimum atomic E-state index is 0.929. The number of fused-ring (bicyclic) bond motifs is 4. The minimum Gasteiger partial charge on any atom is -0.371 e. The fourth-order valence-corrected chi connectivity index (χ4v) is 3.09. The third-order valence-electron chi connectivity index (χ3n) is 3.92. The molecule has 1 fully saturated rings. The molecule has 1 unspecified atom stereocenters. The average Bonchev–Trinajstić information content (AvgIpc) is 2.28. The molecule has 2 aliphatic rings. The maximum atomic E-state index is 2.59. The summed E-state index contributed by atoms with van der Waals surface area (Å²) in [5, 5.41) is 0. The zero-order valence-corrected chi connectivity index (χ0v) is 9.50. The second-order valence-corrected chi connectivity index (χ2v) is 4.98. The van der Waals surface area contributed by atoms with E-state index in [0.29, 0.717) is 0 Å². The van der Waals surface area contributed by atoms with Gasteiger partial charge in [-0.15, -0.1) is 0 Å². The Labute approximate surface area is 92.1 Å². The molecule has 1 aromatic carbocycles. The smallest absolute Gasteiger partial charge is 0.0399 e. The predicted molar refractivity (Wildman–Crippen MR) is 64.5 cm³/mol. The molecule has 1 saturated heterocycles. The highest BCUT2D eigenvalue weighted by molar-refractivity contribution is 5.57. The Morgan fingerprint density at radius 3 is 3.20 bits per heavy atom. The van der Waals surface area contributed by atoms with Crippen LogP contribution in [-0.2, 0) is 12.8 Å². The molecule has 2 aliphatic heterocycles. The van der Waals surface area contributed by atoms with Gasteiger partial charge in [0.05, 0.1) is 0 Å². The highest BCUT2D eigenvalue weighted by Gasteiger charge is 2.27. The summed E-state index contributed by atoms with van der Waals surface area (Å²) in [4.78, 5) is 2.59. The Morgan fingerprint density at radius 1 is 1.40 bits per heavy atom. The van der Waals surface area contributed by atoms with Gasteiger partial charge in [-0.1, -0.05) is 19.1 Å². The van der Waals surface area contributed by atoms with E-state index >= 15 is 0 Å². The average molecular weight is 201 g/mol. The van der Waals surface area contributed by atoms with Crippen molar-refractivity contribution in [3.8, 4) is 0 Å². The van der Waals surface area contributed by atoms with Crippen LogP contribution in [-0.4, -0.2) is 13.1 Å². The zero-order chi connectivity index (χ0) is 10.3. The molecule has 0 spiro atoms. The summed E-state index contributed by atoms with van der Waals surface area (Å²) in [6.07, 6.45) is 5.31. The molecule has 0 N–H and O–H groups in total. The van der Waals surface area contributed by atoms with E-state index in [-0.39, 0.29) is 0 Å². The van der Waals surface area contributed by atoms with E-state index in [2.05, 4.69) is 30.0 Å². The predicted octanol–water partition coefficient (Wildman–Crippen LogP) is 3.02. The van der Waals surface area contributed by atoms with Crippen LogP contribution in [0.25, 0.3) is 0 Å². The quantitative estimate of drug-likeness (QED) is 0.675. The van der Waals surface area contributed by atoms with Crippen LogP contribution in [0.2, 0.25) is 0 Å². The molecule has 0 radical (unpaired) electrons. The number of hydrogen-bond donors (Lipinski definition) is 0. The molecule has 0 saturated carbocycles. The SMILES string of the molecule is CCc1ccc2c(c1)CC1CCCN2C1. The van der Waals surface area contributed by atoms with Crippen LogP contribution >= 0.6 is 0 Å². The van der Waals surface area contributed by atoms with E-state index in [0.717, 1.165) is 12.3 Å². The first-order valence-electron chi connectivity index (χ1n) is 6.23. The summed E-state index contributed by atoms with van der Waals surface area (Å²) >= 11 is 0. The van der Waals surface area contributed by atoms with Gasteiger partial charge in [-0.05, 0) is 48.8 Å². The van der Waals surface area contributed by atoms with Crippen molar-refractivity contribution in [3.05, 3.63) is 29.3 Å². The van der Waals surface area contributed by atoms with Crippen molar-refractivity contribution in [2.45, 2.75) is 32.6 Å². The number of benzene rings is 1. The lowest BCUT2D eigenvalue weighted by molar-refractivity contribution is 0.396. The van der Waals surface area contributed by atoms with E-state index in [1.807, 2.05) is 0 Å². The molecule has 0 amide bonds. The van der Waals surface area contributed by atoms with Gasteiger partial charge in [0.15, 0.2) is 0 Å². The molecular formula is C14H19N. The molecule has 1 atom stereocenters. The second kappa shape index (κ2) is 3.55. The largest absolute Gasteiger partial charge is 0.371 e. The summed E-state index contributed by atoms with van der Waals surface area (Å²) in [5.74, 6) is 0.929. The Bertz CT molecular complexity index is 370. The van der Waals surface area contributed by atoms with Crippen LogP contribution < -0.4 is 4.90 Å². The molecule has 0 aromatic heterocycles. The van der Waals surface area contributed by atoms with Crippen molar-refractivity contribution in [1.82, 2.24) is 0 Å². The van der Waals surface area contributed by atoms with Crippen LogP contribution in [0.5, 0.6) is 0 Å². The fraction of sp³-hybridized carbons (Fsp3) is 0.571. The summed E-state index contributed by atoms with van der Waals surface area (Å²) in [7, 11) is 0. The fourth-order valence-electron chi connectivity index (χ4n) is 3.09. The zero-order valence-electron chi connectivity index (χ0n) is 9.50. The molecular weight excluding hydrogens is 182 g/mol. The van der Waals surface area contributed by atoms with Crippen LogP contribution in [0.15, 0.2) is 18.2 Å². The van der Waals surface area contributed by atoms with Gasteiger partial charge < -0.3 is 4.90 Å². The molecule has 1 heteroatoms. The van der Waals surface area contributed by atoms with Crippen LogP contribution in [0.3, 0.4) is 0 Å². The Morgan fingerprint density at radius 2 is 2.33 bits per heavy atom. The van der Waals surface area contributed by atoms with E-state index in [1.54, 1.807) is 5.56 Å². The molecule has 2 heterocycles. The number of aryl methyl sites for hydroxylation is 1. The third kappa shape index (κ3) is 1.54. The Kier molecular flexibility index (Phi) is 2.19. The summed E-state index contributed by atoms with van der Waals surface area (Å²) < 4.78 is 0.